The largest absolute Gasteiger partial charge is 0.462 e. The molecular formula is C17H22N2O9. The van der Waals surface area contributed by atoms with Gasteiger partial charge in [-0.15, -0.1) is 0 Å². The molecule has 0 fully saturated rings. The molecule has 28 heavy (non-hydrogen) atoms. The van der Waals surface area contributed by atoms with Crippen LogP contribution in [0.25, 0.3) is 10.8 Å². The van der Waals surface area contributed by atoms with Gasteiger partial charge in [0.1, 0.15) is 19.3 Å². The maximum absolute atomic E-state index is 12.3. The molecule has 0 aliphatic carbocycles. The predicted molar refractivity (Wildman–Crippen MR) is 90.9 cm³/mol. The molecule has 154 valence electrons. The van der Waals surface area contributed by atoms with E-state index in [0.29, 0.717) is 5.56 Å². The van der Waals surface area contributed by atoms with Gasteiger partial charge in [0, 0.05) is 0 Å². The second-order valence-corrected chi connectivity index (χ2v) is 5.98. The molecule has 0 spiro atoms. The van der Waals surface area contributed by atoms with E-state index >= 15 is 0 Å². The highest BCUT2D eigenvalue weighted by Crippen LogP contribution is 2.24. The van der Waals surface area contributed by atoms with E-state index in [9.17, 15) is 9.90 Å². The molecule has 0 unspecified atom stereocenters. The molecule has 0 saturated carbocycles. The van der Waals surface area contributed by atoms with Crippen LogP contribution in [0.5, 0.6) is 0 Å². The molecule has 0 radical (unpaired) electrons. The summed E-state index contributed by atoms with van der Waals surface area (Å²) in [7, 11) is 0. The van der Waals surface area contributed by atoms with Crippen LogP contribution < -0.4 is 0 Å². The topological polar surface area (TPSA) is 152 Å². The average Bonchev–Trinajstić information content (AvgIpc) is 2.67. The summed E-state index contributed by atoms with van der Waals surface area (Å²) < 4.78 is 5.09. The number of aliphatic hydroxyl groups is 1. The number of benzene rings is 2. The average molecular weight is 398 g/mol. The molecule has 2 rings (SSSR count). The quantitative estimate of drug-likeness (QED) is 0.291. The van der Waals surface area contributed by atoms with Gasteiger partial charge in [-0.2, -0.15) is 0 Å². The van der Waals surface area contributed by atoms with Crippen LogP contribution in [0.3, 0.4) is 0 Å². The number of fused-ring (bicyclic) bond motifs is 1. The Hall–Kier alpha value is -2.19. The van der Waals surface area contributed by atoms with Crippen molar-refractivity contribution in [1.82, 2.24) is 10.8 Å². The fourth-order valence-corrected chi connectivity index (χ4v) is 2.51. The van der Waals surface area contributed by atoms with Crippen molar-refractivity contribution in [3.05, 3.63) is 47.5 Å². The maximum atomic E-state index is 12.3. The number of rotatable bonds is 10. The number of carbonyl (C=O) groups is 1. The van der Waals surface area contributed by atoms with E-state index in [-0.39, 0.29) is 6.61 Å². The van der Waals surface area contributed by atoms with Crippen LogP contribution in [-0.2, 0) is 25.8 Å². The van der Waals surface area contributed by atoms with Crippen molar-refractivity contribution in [2.75, 3.05) is 13.2 Å². The number of hydrogen-bond donors (Lipinski definition) is 5. The first-order chi connectivity index (χ1) is 13.3. The molecule has 2 atom stereocenters. The van der Waals surface area contributed by atoms with Gasteiger partial charge in [-0.3, -0.25) is 25.6 Å². The first-order valence-electron chi connectivity index (χ1n) is 8.25. The lowest BCUT2D eigenvalue weighted by molar-refractivity contribution is -0.527. The second kappa shape index (κ2) is 10.4. The molecule has 0 saturated heterocycles. The molecule has 2 aromatic carbocycles. The van der Waals surface area contributed by atoms with Crippen LogP contribution in [0, 0.1) is 0 Å². The van der Waals surface area contributed by atoms with E-state index in [4.69, 9.17) is 25.6 Å². The highest BCUT2D eigenvalue weighted by molar-refractivity contribution is 5.86. The summed E-state index contributed by atoms with van der Waals surface area (Å²) in [6.45, 7) is 0.597. The van der Waals surface area contributed by atoms with Gasteiger partial charge in [-0.1, -0.05) is 30.3 Å². The lowest BCUT2D eigenvalue weighted by Gasteiger charge is -2.20. The van der Waals surface area contributed by atoms with Crippen molar-refractivity contribution in [3.63, 3.8) is 0 Å². The Morgan fingerprint density at radius 1 is 1.00 bits per heavy atom. The van der Waals surface area contributed by atoms with Crippen molar-refractivity contribution < 1.29 is 45.1 Å². The molecule has 0 aromatic heterocycles. The van der Waals surface area contributed by atoms with Crippen molar-refractivity contribution in [2.24, 2.45) is 0 Å². The third kappa shape index (κ3) is 6.45. The Labute approximate surface area is 159 Å². The Morgan fingerprint density at radius 2 is 1.68 bits per heavy atom. The van der Waals surface area contributed by atoms with Crippen molar-refractivity contribution in [3.8, 4) is 0 Å². The first kappa shape index (κ1) is 22.1. The molecule has 0 heterocycles. The van der Waals surface area contributed by atoms with Crippen molar-refractivity contribution in [2.45, 2.75) is 25.6 Å². The molecule has 0 bridgehead atoms. The smallest absolute Gasteiger partial charge is 0.313 e. The molecule has 0 aliphatic rings. The molecule has 11 nitrogen and oxygen atoms in total. The third-order valence-corrected chi connectivity index (χ3v) is 4.00. The Bertz CT molecular complexity index is 784. The Morgan fingerprint density at radius 3 is 2.32 bits per heavy atom. The van der Waals surface area contributed by atoms with Gasteiger partial charge >= 0.3 is 5.97 Å². The van der Waals surface area contributed by atoms with Gasteiger partial charge in [-0.25, -0.2) is 9.68 Å². The van der Waals surface area contributed by atoms with Crippen LogP contribution in [0.15, 0.2) is 36.4 Å². The summed E-state index contributed by atoms with van der Waals surface area (Å²) in [5.41, 5.74) is 1.48. The number of carbonyl (C=O) groups excluding carboxylic acids is 1. The van der Waals surface area contributed by atoms with E-state index in [1.807, 2.05) is 24.3 Å². The lowest BCUT2D eigenvalue weighted by atomic mass is 9.97. The Balaban J connectivity index is 2.01. The standard InChI is InChI=1S/C17H22N2O9/c1-11(13-4-5-14-6-12(8-20)2-3-15(14)7-13)17(21)26-9-16(28-19(24)25)10-27-18(22)23/h2-7,11,16,20,22-25H,8-10H2,1H3/t11-,16+/m0/s1. The van der Waals surface area contributed by atoms with E-state index < -0.39 is 42.0 Å². The fourth-order valence-electron chi connectivity index (χ4n) is 2.51. The third-order valence-electron chi connectivity index (χ3n) is 4.00. The molecule has 5 N–H and O–H groups in total. The second-order valence-electron chi connectivity index (χ2n) is 5.98. The summed E-state index contributed by atoms with van der Waals surface area (Å²) in [5.74, 6) is -1.23. The van der Waals surface area contributed by atoms with Crippen molar-refractivity contribution in [1.29, 1.82) is 0 Å². The number of ether oxygens (including phenoxy) is 1. The number of nitrogens with zero attached hydrogens (tertiary/aromatic N) is 2. The van der Waals surface area contributed by atoms with Gasteiger partial charge < -0.3 is 9.84 Å². The first-order valence-corrected chi connectivity index (χ1v) is 8.25. The van der Waals surface area contributed by atoms with E-state index in [1.165, 1.54) is 0 Å². The van der Waals surface area contributed by atoms with Crippen LogP contribution in [0.4, 0.5) is 0 Å². The van der Waals surface area contributed by atoms with Gasteiger partial charge in [0.15, 0.2) is 0 Å². The zero-order valence-electron chi connectivity index (χ0n) is 15.0. The molecule has 11 heteroatoms. The van der Waals surface area contributed by atoms with E-state index in [2.05, 4.69) is 9.68 Å². The number of aliphatic hydroxyl groups excluding tert-OH is 1. The summed E-state index contributed by atoms with van der Waals surface area (Å²) in [5, 5.41) is 44.3. The van der Waals surface area contributed by atoms with Gasteiger partial charge in [0.05, 0.1) is 23.3 Å². The minimum Gasteiger partial charge on any atom is -0.462 e. The summed E-state index contributed by atoms with van der Waals surface area (Å²) in [4.78, 5) is 21.1. The van der Waals surface area contributed by atoms with Gasteiger partial charge in [-0.05, 0) is 34.9 Å². The minimum atomic E-state index is -1.22. The monoisotopic (exact) mass is 398 g/mol. The SMILES string of the molecule is C[C@H](C(=O)OC[C@H](CON(O)O)ON(O)O)c1ccc2cc(CO)ccc2c1. The zero-order chi connectivity index (χ0) is 20.7. The number of hydrogen-bond acceptors (Lipinski definition) is 11. The van der Waals surface area contributed by atoms with Crippen LogP contribution in [0.2, 0.25) is 0 Å². The van der Waals surface area contributed by atoms with Crippen LogP contribution in [-0.4, -0.2) is 62.0 Å². The maximum Gasteiger partial charge on any atom is 0.313 e. The van der Waals surface area contributed by atoms with Crippen LogP contribution >= 0.6 is 0 Å². The Kier molecular flexibility index (Phi) is 8.19. The number of esters is 1. The normalized spacial score (nSPS) is 13.9. The molecular weight excluding hydrogens is 376 g/mol. The van der Waals surface area contributed by atoms with Gasteiger partial charge in [0.2, 0.25) is 0 Å². The minimum absolute atomic E-state index is 0.0587. The van der Waals surface area contributed by atoms with Crippen molar-refractivity contribution >= 4 is 16.7 Å². The summed E-state index contributed by atoms with van der Waals surface area (Å²) in [6, 6.07) is 10.9. The molecule has 0 aliphatic heterocycles. The summed E-state index contributed by atoms with van der Waals surface area (Å²) in [6.07, 6.45) is -1.22. The highest BCUT2D eigenvalue weighted by Gasteiger charge is 2.22. The predicted octanol–water partition coefficient (Wildman–Crippen LogP) is 1.37. The van der Waals surface area contributed by atoms with Gasteiger partial charge in [0.25, 0.3) is 0 Å². The molecule has 0 amide bonds. The highest BCUT2D eigenvalue weighted by atomic mass is 17.1. The van der Waals surface area contributed by atoms with E-state index in [0.717, 1.165) is 16.3 Å². The zero-order valence-corrected chi connectivity index (χ0v) is 15.0. The fraction of sp³-hybridized carbons (Fsp3) is 0.353. The summed E-state index contributed by atoms with van der Waals surface area (Å²) >= 11 is 0. The van der Waals surface area contributed by atoms with Crippen LogP contribution in [0.1, 0.15) is 24.0 Å². The van der Waals surface area contributed by atoms with E-state index in [1.54, 1.807) is 19.1 Å². The lowest BCUT2D eigenvalue weighted by Crippen LogP contribution is -2.35. The molecule has 2 aromatic rings.